The Balaban J connectivity index is 1.65. The van der Waals surface area contributed by atoms with Crippen molar-refractivity contribution in [2.45, 2.75) is 0 Å². The standard InChI is InChI=1S/C20H14N6O3/c27-12-24-16-9-5-4-8-14(16)17(20(24)29)23-25-11-21-18-15(19(25)28)10-22-26(18)13-6-2-1-3-7-13/h1-11,27H,12H2. The fourth-order valence-electron chi connectivity index (χ4n) is 3.34. The van der Waals surface area contributed by atoms with Gasteiger partial charge in [-0.2, -0.15) is 14.9 Å². The first-order valence-electron chi connectivity index (χ1n) is 8.81. The Morgan fingerprint density at radius 1 is 1.00 bits per heavy atom. The molecule has 0 spiro atoms. The van der Waals surface area contributed by atoms with Crippen molar-refractivity contribution < 1.29 is 9.90 Å². The molecule has 0 saturated heterocycles. The van der Waals surface area contributed by atoms with Gasteiger partial charge in [-0.15, -0.1) is 0 Å². The van der Waals surface area contributed by atoms with Gasteiger partial charge in [0.05, 0.1) is 17.6 Å². The molecule has 1 N–H and O–H groups in total. The minimum absolute atomic E-state index is 0.0633. The van der Waals surface area contributed by atoms with Crippen LogP contribution < -0.4 is 10.5 Å². The second-order valence-corrected chi connectivity index (χ2v) is 6.36. The number of aliphatic hydroxyl groups is 1. The van der Waals surface area contributed by atoms with Crippen LogP contribution in [0.1, 0.15) is 5.56 Å². The highest BCUT2D eigenvalue weighted by molar-refractivity contribution is 6.54. The molecule has 1 aliphatic rings. The topological polar surface area (TPSA) is 106 Å². The van der Waals surface area contributed by atoms with Gasteiger partial charge in [-0.1, -0.05) is 36.4 Å². The number of anilines is 1. The molecule has 0 fully saturated rings. The molecule has 0 unspecified atom stereocenters. The summed E-state index contributed by atoms with van der Waals surface area (Å²) in [6, 6.07) is 16.3. The Hall–Kier alpha value is -4.11. The molecular weight excluding hydrogens is 372 g/mol. The Morgan fingerprint density at radius 3 is 2.55 bits per heavy atom. The van der Waals surface area contributed by atoms with Crippen LogP contribution in [0.15, 0.2) is 77.0 Å². The van der Waals surface area contributed by atoms with Gasteiger partial charge in [-0.25, -0.2) is 9.67 Å². The van der Waals surface area contributed by atoms with Gasteiger partial charge >= 0.3 is 0 Å². The molecule has 0 radical (unpaired) electrons. The van der Waals surface area contributed by atoms with Crippen LogP contribution in [0, 0.1) is 0 Å². The van der Waals surface area contributed by atoms with Crippen LogP contribution in [0.25, 0.3) is 16.7 Å². The lowest BCUT2D eigenvalue weighted by atomic mass is 10.1. The molecular formula is C20H14N6O3. The summed E-state index contributed by atoms with van der Waals surface area (Å²) in [4.78, 5) is 31.1. The van der Waals surface area contributed by atoms with Gasteiger partial charge in [0.25, 0.3) is 11.5 Å². The molecule has 9 nitrogen and oxygen atoms in total. The van der Waals surface area contributed by atoms with Crippen molar-refractivity contribution in [1.29, 1.82) is 0 Å². The van der Waals surface area contributed by atoms with Crippen LogP contribution in [0.5, 0.6) is 0 Å². The summed E-state index contributed by atoms with van der Waals surface area (Å²) in [5.74, 6) is -0.485. The summed E-state index contributed by atoms with van der Waals surface area (Å²) in [7, 11) is 0. The van der Waals surface area contributed by atoms with Crippen LogP contribution in [-0.2, 0) is 4.79 Å². The van der Waals surface area contributed by atoms with Crippen LogP contribution in [-0.4, -0.2) is 42.9 Å². The Bertz CT molecular complexity index is 1340. The number of para-hydroxylation sites is 2. The molecule has 142 valence electrons. The van der Waals surface area contributed by atoms with Crippen molar-refractivity contribution in [2.24, 2.45) is 5.10 Å². The van der Waals surface area contributed by atoms with Crippen LogP contribution in [0.2, 0.25) is 0 Å². The molecule has 0 atom stereocenters. The predicted molar refractivity (Wildman–Crippen MR) is 106 cm³/mol. The number of aromatic nitrogens is 4. The van der Waals surface area contributed by atoms with Crippen molar-refractivity contribution in [3.8, 4) is 5.69 Å². The van der Waals surface area contributed by atoms with E-state index in [1.807, 2.05) is 30.3 Å². The second kappa shape index (κ2) is 6.50. The van der Waals surface area contributed by atoms with Gasteiger partial charge < -0.3 is 5.11 Å². The first kappa shape index (κ1) is 17.0. The number of hydrogen-bond donors (Lipinski definition) is 1. The van der Waals surface area contributed by atoms with Crippen molar-refractivity contribution in [3.63, 3.8) is 0 Å². The van der Waals surface area contributed by atoms with Crippen LogP contribution in [0.3, 0.4) is 0 Å². The molecule has 0 aliphatic carbocycles. The van der Waals surface area contributed by atoms with E-state index in [9.17, 15) is 14.7 Å². The molecule has 4 aromatic rings. The summed E-state index contributed by atoms with van der Waals surface area (Å²) >= 11 is 0. The smallest absolute Gasteiger partial charge is 0.285 e. The number of nitrogens with zero attached hydrogens (tertiary/aromatic N) is 6. The summed E-state index contributed by atoms with van der Waals surface area (Å²) in [6.07, 6.45) is 2.69. The van der Waals surface area contributed by atoms with Gasteiger partial charge in [-0.05, 0) is 18.2 Å². The van der Waals surface area contributed by atoms with Crippen molar-refractivity contribution in [2.75, 3.05) is 11.6 Å². The average Bonchev–Trinajstić information content (AvgIpc) is 3.30. The Kier molecular flexibility index (Phi) is 3.81. The van der Waals surface area contributed by atoms with E-state index in [0.29, 0.717) is 16.9 Å². The van der Waals surface area contributed by atoms with Gasteiger partial charge in [0.1, 0.15) is 18.4 Å². The van der Waals surface area contributed by atoms with Gasteiger partial charge in [-0.3, -0.25) is 14.5 Å². The predicted octanol–water partition coefficient (Wildman–Crippen LogP) is 1.13. The lowest BCUT2D eigenvalue weighted by molar-refractivity contribution is -0.112. The summed E-state index contributed by atoms with van der Waals surface area (Å²) in [6.45, 7) is -0.481. The van der Waals surface area contributed by atoms with E-state index in [1.54, 1.807) is 28.9 Å². The molecule has 3 heterocycles. The van der Waals surface area contributed by atoms with Crippen molar-refractivity contribution in [3.05, 3.63) is 83.0 Å². The van der Waals surface area contributed by atoms with E-state index in [0.717, 1.165) is 10.4 Å². The highest BCUT2D eigenvalue weighted by Crippen LogP contribution is 2.28. The van der Waals surface area contributed by atoms with Crippen LogP contribution >= 0.6 is 0 Å². The van der Waals surface area contributed by atoms with Crippen LogP contribution in [0.4, 0.5) is 5.69 Å². The fraction of sp³-hybridized carbons (Fsp3) is 0.0500. The molecule has 0 saturated carbocycles. The van der Waals surface area contributed by atoms with E-state index < -0.39 is 18.2 Å². The van der Waals surface area contributed by atoms with Gasteiger partial charge in [0.15, 0.2) is 11.4 Å². The first-order valence-corrected chi connectivity index (χ1v) is 8.81. The third-order valence-electron chi connectivity index (χ3n) is 4.72. The third kappa shape index (κ3) is 2.56. The highest BCUT2D eigenvalue weighted by Gasteiger charge is 2.33. The molecule has 2 aromatic carbocycles. The Labute approximate surface area is 163 Å². The van der Waals surface area contributed by atoms with E-state index in [4.69, 9.17) is 0 Å². The lowest BCUT2D eigenvalue weighted by Gasteiger charge is -2.11. The van der Waals surface area contributed by atoms with Crippen molar-refractivity contribution in [1.82, 2.24) is 19.4 Å². The maximum absolute atomic E-state index is 12.9. The monoisotopic (exact) mass is 386 g/mol. The zero-order valence-electron chi connectivity index (χ0n) is 15.0. The number of hydrogen-bond acceptors (Lipinski definition) is 6. The number of amides is 1. The maximum atomic E-state index is 12.9. The van der Waals surface area contributed by atoms with E-state index in [1.165, 1.54) is 17.4 Å². The first-order chi connectivity index (χ1) is 14.2. The summed E-state index contributed by atoms with van der Waals surface area (Å²) in [5, 5.41) is 18.3. The molecule has 5 rings (SSSR count). The molecule has 1 aliphatic heterocycles. The zero-order chi connectivity index (χ0) is 20.0. The molecule has 1 amide bonds. The minimum atomic E-state index is -0.485. The summed E-state index contributed by atoms with van der Waals surface area (Å²) < 4.78 is 2.59. The van der Waals surface area contributed by atoms with E-state index >= 15 is 0 Å². The van der Waals surface area contributed by atoms with E-state index in [-0.39, 0.29) is 11.1 Å². The van der Waals surface area contributed by atoms with Crippen molar-refractivity contribution >= 4 is 28.3 Å². The van der Waals surface area contributed by atoms with Gasteiger partial charge in [0.2, 0.25) is 0 Å². The number of aliphatic hydroxyl groups excluding tert-OH is 1. The Morgan fingerprint density at radius 2 is 1.76 bits per heavy atom. The quantitative estimate of drug-likeness (QED) is 0.568. The minimum Gasteiger partial charge on any atom is -0.376 e. The average molecular weight is 386 g/mol. The SMILES string of the molecule is O=C1C(=Nn2cnc3c(cnn3-c3ccccc3)c2=O)c2ccccc2N1CO. The largest absolute Gasteiger partial charge is 0.376 e. The fourth-order valence-corrected chi connectivity index (χ4v) is 3.34. The third-order valence-corrected chi connectivity index (χ3v) is 4.72. The molecule has 9 heteroatoms. The molecule has 29 heavy (non-hydrogen) atoms. The van der Waals surface area contributed by atoms with E-state index in [2.05, 4.69) is 15.2 Å². The van der Waals surface area contributed by atoms with Gasteiger partial charge in [0, 0.05) is 5.56 Å². The zero-order valence-corrected chi connectivity index (χ0v) is 15.0. The summed E-state index contributed by atoms with van der Waals surface area (Å²) in [5.41, 5.74) is 1.87. The highest BCUT2D eigenvalue weighted by atomic mass is 16.3. The number of fused-ring (bicyclic) bond motifs is 2. The maximum Gasteiger partial charge on any atom is 0.285 e. The molecule has 0 bridgehead atoms. The number of benzene rings is 2. The number of carbonyl (C=O) groups is 1. The number of carbonyl (C=O) groups excluding carboxylic acids is 1. The normalized spacial score (nSPS) is 14.7. The molecule has 2 aromatic heterocycles. The second-order valence-electron chi connectivity index (χ2n) is 6.36. The lowest BCUT2D eigenvalue weighted by Crippen LogP contribution is -2.31. The number of rotatable bonds is 3.